The van der Waals surface area contributed by atoms with Crippen molar-refractivity contribution >= 4 is 5.97 Å². The van der Waals surface area contributed by atoms with Gasteiger partial charge in [0, 0.05) is 12.0 Å². The predicted octanol–water partition coefficient (Wildman–Crippen LogP) is 5.24. The Morgan fingerprint density at radius 3 is 2.65 bits per heavy atom. The van der Waals surface area contributed by atoms with Gasteiger partial charge in [-0.05, 0) is 39.2 Å². The van der Waals surface area contributed by atoms with Crippen LogP contribution in [0, 0.1) is 17.3 Å². The van der Waals surface area contributed by atoms with E-state index in [1.54, 1.807) is 0 Å². The molecule has 0 saturated heterocycles. The molecule has 1 unspecified atom stereocenters. The average molecular weight is 312 g/mol. The topological polar surface area (TPSA) is 26.3 Å². The molecule has 0 N–H and O–H groups in total. The van der Waals surface area contributed by atoms with Crippen LogP contribution in [0.3, 0.4) is 0 Å². The molecule has 0 saturated carbocycles. The lowest BCUT2D eigenvalue weighted by Crippen LogP contribution is -2.25. The quantitative estimate of drug-likeness (QED) is 0.311. The first kappa shape index (κ1) is 19.0. The number of carbonyl (C=O) groups excluding carboxylic acids is 1. The second kappa shape index (κ2) is 9.20. The first-order valence-corrected chi connectivity index (χ1v) is 8.28. The molecule has 1 atom stereocenters. The van der Waals surface area contributed by atoms with E-state index in [1.165, 1.54) is 0 Å². The zero-order chi connectivity index (χ0) is 17.3. The molecular weight excluding hydrogens is 284 g/mol. The Morgan fingerprint density at radius 1 is 1.35 bits per heavy atom. The molecule has 2 heteroatoms. The Balaban J connectivity index is 3.10. The van der Waals surface area contributed by atoms with E-state index < -0.39 is 11.5 Å². The van der Waals surface area contributed by atoms with E-state index in [4.69, 9.17) is 4.74 Å². The molecule has 2 nitrogen and oxygen atoms in total. The van der Waals surface area contributed by atoms with Gasteiger partial charge in [0.15, 0.2) is 6.10 Å². The van der Waals surface area contributed by atoms with Crippen LogP contribution in [0.1, 0.15) is 64.2 Å². The van der Waals surface area contributed by atoms with Gasteiger partial charge in [0.25, 0.3) is 0 Å². The summed E-state index contributed by atoms with van der Waals surface area (Å²) in [6, 6.07) is 7.94. The van der Waals surface area contributed by atoms with Crippen LogP contribution in [-0.2, 0) is 16.0 Å². The highest BCUT2D eigenvalue weighted by Gasteiger charge is 2.27. The highest BCUT2D eigenvalue weighted by molar-refractivity contribution is 5.76. The van der Waals surface area contributed by atoms with Crippen LogP contribution in [0.25, 0.3) is 0 Å². The van der Waals surface area contributed by atoms with E-state index in [1.807, 2.05) is 51.1 Å². The van der Waals surface area contributed by atoms with Gasteiger partial charge in [0.1, 0.15) is 0 Å². The van der Waals surface area contributed by atoms with Crippen molar-refractivity contribution in [3.63, 3.8) is 0 Å². The van der Waals surface area contributed by atoms with E-state index in [9.17, 15) is 4.79 Å². The molecule has 0 heterocycles. The number of hydrogen-bond acceptors (Lipinski definition) is 2. The van der Waals surface area contributed by atoms with Crippen LogP contribution in [0.5, 0.6) is 0 Å². The average Bonchev–Trinajstić information content (AvgIpc) is 2.50. The van der Waals surface area contributed by atoms with E-state index in [0.717, 1.165) is 36.8 Å². The zero-order valence-corrected chi connectivity index (χ0v) is 14.8. The van der Waals surface area contributed by atoms with Gasteiger partial charge in [0.2, 0.25) is 0 Å². The molecule has 0 aliphatic heterocycles. The van der Waals surface area contributed by atoms with Crippen molar-refractivity contribution in [3.05, 3.63) is 48.0 Å². The van der Waals surface area contributed by atoms with Crippen LogP contribution < -0.4 is 0 Å². The zero-order valence-electron chi connectivity index (χ0n) is 14.8. The molecule has 0 bridgehead atoms. The fraction of sp³-hybridized carbons (Fsp3) is 0.476. The Bertz CT molecular complexity index is 582. The molecule has 1 aromatic rings. The maximum absolute atomic E-state index is 12.3. The summed E-state index contributed by atoms with van der Waals surface area (Å²) in [5.74, 6) is 6.07. The second-order valence-corrected chi connectivity index (χ2v) is 6.65. The Hall–Kier alpha value is -2.01. The highest BCUT2D eigenvalue weighted by atomic mass is 16.5. The smallest absolute Gasteiger partial charge is 0.312 e. The van der Waals surface area contributed by atoms with Gasteiger partial charge in [-0.15, -0.1) is 6.58 Å². The fourth-order valence-electron chi connectivity index (χ4n) is 2.02. The minimum Gasteiger partial charge on any atom is -0.444 e. The summed E-state index contributed by atoms with van der Waals surface area (Å²) in [7, 11) is 0. The molecule has 124 valence electrons. The Kier molecular flexibility index (Phi) is 7.62. The molecule has 0 fully saturated rings. The SMILES string of the molecule is C=CCc1ccccc1C(C#CCCCC)OC(=O)C(C)(C)C. The van der Waals surface area contributed by atoms with Crippen molar-refractivity contribution in [3.8, 4) is 11.8 Å². The van der Waals surface area contributed by atoms with Gasteiger partial charge < -0.3 is 4.74 Å². The summed E-state index contributed by atoms with van der Waals surface area (Å²) >= 11 is 0. The normalized spacial score (nSPS) is 12.0. The number of hydrogen-bond donors (Lipinski definition) is 0. The van der Waals surface area contributed by atoms with Crippen LogP contribution in [0.15, 0.2) is 36.9 Å². The predicted molar refractivity (Wildman–Crippen MR) is 95.9 cm³/mol. The molecule has 1 aromatic carbocycles. The number of benzene rings is 1. The van der Waals surface area contributed by atoms with Crippen molar-refractivity contribution < 1.29 is 9.53 Å². The monoisotopic (exact) mass is 312 g/mol. The van der Waals surface area contributed by atoms with E-state index in [-0.39, 0.29) is 5.97 Å². The van der Waals surface area contributed by atoms with Gasteiger partial charge in [-0.2, -0.15) is 0 Å². The van der Waals surface area contributed by atoms with Gasteiger partial charge in [0.05, 0.1) is 5.41 Å². The number of esters is 1. The number of unbranched alkanes of at least 4 members (excludes halogenated alkanes) is 2. The van der Waals surface area contributed by atoms with Gasteiger partial charge in [-0.25, -0.2) is 0 Å². The largest absolute Gasteiger partial charge is 0.444 e. The Labute approximate surface area is 140 Å². The fourth-order valence-corrected chi connectivity index (χ4v) is 2.02. The maximum atomic E-state index is 12.3. The number of allylic oxidation sites excluding steroid dienone is 1. The van der Waals surface area contributed by atoms with Crippen molar-refractivity contribution in [2.45, 2.75) is 59.5 Å². The summed E-state index contributed by atoms with van der Waals surface area (Å²) < 4.78 is 5.72. The van der Waals surface area contributed by atoms with E-state index in [0.29, 0.717) is 0 Å². The summed E-state index contributed by atoms with van der Waals surface area (Å²) in [5.41, 5.74) is 1.50. The molecule has 0 aliphatic carbocycles. The second-order valence-electron chi connectivity index (χ2n) is 6.65. The number of rotatable bonds is 6. The lowest BCUT2D eigenvalue weighted by molar-refractivity contribution is -0.156. The molecule has 0 amide bonds. The van der Waals surface area contributed by atoms with E-state index in [2.05, 4.69) is 25.3 Å². The first-order chi connectivity index (χ1) is 10.9. The summed E-state index contributed by atoms with van der Waals surface area (Å²) in [6.45, 7) is 11.5. The lowest BCUT2D eigenvalue weighted by atomic mass is 9.96. The molecule has 0 aliphatic rings. The third kappa shape index (κ3) is 6.32. The standard InChI is InChI=1S/C21H28O2/c1-6-8-9-10-16-19(23-20(22)21(3,4)5)18-15-12-11-14-17(18)13-7-2/h7,11-12,14-15,19H,2,6,8-9,13H2,1,3-5H3. The lowest BCUT2D eigenvalue weighted by Gasteiger charge is -2.22. The van der Waals surface area contributed by atoms with Gasteiger partial charge in [-0.1, -0.05) is 55.5 Å². The van der Waals surface area contributed by atoms with Crippen molar-refractivity contribution in [2.24, 2.45) is 5.41 Å². The minimum absolute atomic E-state index is 0.235. The summed E-state index contributed by atoms with van der Waals surface area (Å²) in [5, 5.41) is 0. The molecule has 0 spiro atoms. The van der Waals surface area contributed by atoms with Crippen molar-refractivity contribution in [2.75, 3.05) is 0 Å². The number of ether oxygens (including phenoxy) is 1. The summed E-state index contributed by atoms with van der Waals surface area (Å²) in [6.07, 6.45) is 5.05. The maximum Gasteiger partial charge on any atom is 0.312 e. The first-order valence-electron chi connectivity index (χ1n) is 8.28. The third-order valence-electron chi connectivity index (χ3n) is 3.43. The molecule has 0 radical (unpaired) electrons. The van der Waals surface area contributed by atoms with Crippen LogP contribution in [0.4, 0.5) is 0 Å². The minimum atomic E-state index is -0.545. The molecule has 1 rings (SSSR count). The van der Waals surface area contributed by atoms with Crippen LogP contribution in [-0.4, -0.2) is 5.97 Å². The van der Waals surface area contributed by atoms with Crippen molar-refractivity contribution in [1.82, 2.24) is 0 Å². The third-order valence-corrected chi connectivity index (χ3v) is 3.43. The Morgan fingerprint density at radius 2 is 2.04 bits per heavy atom. The highest BCUT2D eigenvalue weighted by Crippen LogP contribution is 2.26. The van der Waals surface area contributed by atoms with Crippen molar-refractivity contribution in [1.29, 1.82) is 0 Å². The molecular formula is C21H28O2. The van der Waals surface area contributed by atoms with E-state index >= 15 is 0 Å². The number of carbonyl (C=O) groups is 1. The molecule has 23 heavy (non-hydrogen) atoms. The van der Waals surface area contributed by atoms with Crippen LogP contribution in [0.2, 0.25) is 0 Å². The van der Waals surface area contributed by atoms with Crippen LogP contribution >= 0.6 is 0 Å². The summed E-state index contributed by atoms with van der Waals surface area (Å²) in [4.78, 5) is 12.3. The van der Waals surface area contributed by atoms with Gasteiger partial charge >= 0.3 is 5.97 Å². The molecule has 0 aromatic heterocycles. The van der Waals surface area contributed by atoms with Gasteiger partial charge in [-0.3, -0.25) is 4.79 Å².